The van der Waals surface area contributed by atoms with Crippen molar-refractivity contribution < 1.29 is 24.5 Å². The molecule has 3 heterocycles. The minimum Gasteiger partial charge on any atom is -0.492 e. The van der Waals surface area contributed by atoms with Gasteiger partial charge in [-0.3, -0.25) is 4.79 Å². The van der Waals surface area contributed by atoms with E-state index in [9.17, 15) is 19.8 Å². The van der Waals surface area contributed by atoms with E-state index in [0.29, 0.717) is 25.6 Å². The van der Waals surface area contributed by atoms with Crippen molar-refractivity contribution in [3.8, 4) is 5.75 Å². The molecule has 2 fully saturated rings. The Morgan fingerprint density at radius 1 is 1.33 bits per heavy atom. The van der Waals surface area contributed by atoms with Gasteiger partial charge >= 0.3 is 5.97 Å². The molecule has 8 nitrogen and oxygen atoms in total. The second kappa shape index (κ2) is 10.7. The number of hydrogen-bond acceptors (Lipinski definition) is 8. The molecule has 0 unspecified atom stereocenters. The first-order valence-electron chi connectivity index (χ1n) is 11.3. The molecular weight excluding hydrogens is 462 g/mol. The van der Waals surface area contributed by atoms with Crippen LogP contribution in [0.1, 0.15) is 19.8 Å². The molecule has 0 spiro atoms. The number of ether oxygens (including phenoxy) is 1. The molecule has 0 aliphatic carbocycles. The number of nitrogens with one attached hydrogen (secondary N) is 1. The van der Waals surface area contributed by atoms with E-state index >= 15 is 0 Å². The van der Waals surface area contributed by atoms with Crippen molar-refractivity contribution in [2.45, 2.75) is 42.0 Å². The van der Waals surface area contributed by atoms with Crippen LogP contribution in [-0.2, 0) is 9.59 Å². The number of aliphatic carboxylic acids is 1. The zero-order valence-corrected chi connectivity index (χ0v) is 20.2. The zero-order chi connectivity index (χ0) is 23.5. The summed E-state index contributed by atoms with van der Waals surface area (Å²) in [6.45, 7) is 3.75. The fourth-order valence-electron chi connectivity index (χ4n) is 4.88. The van der Waals surface area contributed by atoms with E-state index in [4.69, 9.17) is 10.5 Å². The number of carboxylic acid groups (broad SMARTS) is 1. The molecule has 33 heavy (non-hydrogen) atoms. The summed E-state index contributed by atoms with van der Waals surface area (Å²) in [6, 6.07) is 8.20. The fourth-order valence-corrected chi connectivity index (χ4v) is 7.37. The molecule has 1 aromatic carbocycles. The molecule has 0 saturated carbocycles. The molecule has 1 amide bonds. The lowest BCUT2D eigenvalue weighted by Crippen LogP contribution is -2.60. The second-order valence-electron chi connectivity index (χ2n) is 8.62. The summed E-state index contributed by atoms with van der Waals surface area (Å²) in [6.07, 6.45) is 1.33. The Hall–Kier alpha value is -1.72. The van der Waals surface area contributed by atoms with Crippen LogP contribution in [0.2, 0.25) is 0 Å². The van der Waals surface area contributed by atoms with E-state index in [-0.39, 0.29) is 41.3 Å². The quantitative estimate of drug-likeness (QED) is 0.269. The molecule has 10 heteroatoms. The van der Waals surface area contributed by atoms with E-state index in [1.807, 2.05) is 31.2 Å². The third kappa shape index (κ3) is 5.05. The smallest absolute Gasteiger partial charge is 0.353 e. The summed E-state index contributed by atoms with van der Waals surface area (Å²) in [4.78, 5) is 27.9. The molecule has 0 bridgehead atoms. The van der Waals surface area contributed by atoms with Crippen molar-refractivity contribution in [2.75, 3.05) is 32.1 Å². The highest BCUT2D eigenvalue weighted by atomic mass is 32.2. The molecule has 0 aromatic heterocycles. The van der Waals surface area contributed by atoms with Gasteiger partial charge in [0, 0.05) is 52.5 Å². The Labute approximate surface area is 202 Å². The monoisotopic (exact) mass is 493 g/mol. The number of carbonyl (C=O) groups is 2. The molecule has 0 radical (unpaired) electrons. The highest BCUT2D eigenvalue weighted by Crippen LogP contribution is 2.51. The number of aliphatic hydroxyl groups excluding tert-OH is 1. The number of carbonyl (C=O) groups excluding carboxylic acids is 1. The summed E-state index contributed by atoms with van der Waals surface area (Å²) in [5.41, 5.74) is 5.61. The predicted octanol–water partition coefficient (Wildman–Crippen LogP) is 1.74. The van der Waals surface area contributed by atoms with Gasteiger partial charge < -0.3 is 30.9 Å². The van der Waals surface area contributed by atoms with Gasteiger partial charge in [0.1, 0.15) is 18.1 Å². The van der Waals surface area contributed by atoms with Gasteiger partial charge in [-0.25, -0.2) is 4.79 Å². The van der Waals surface area contributed by atoms with Crippen LogP contribution in [0.25, 0.3) is 0 Å². The lowest BCUT2D eigenvalue weighted by atomic mass is 9.80. The highest BCUT2D eigenvalue weighted by molar-refractivity contribution is 8.03. The summed E-state index contributed by atoms with van der Waals surface area (Å²) >= 11 is 3.39. The molecule has 3 aliphatic rings. The van der Waals surface area contributed by atoms with E-state index in [0.717, 1.165) is 29.4 Å². The standard InChI is InChI=1S/C23H31N3O5S2/c1-13-19-18(6-8-27)22(28)26(19)20(23(29)30)21(13)33-17-10-14(25-11-17)12-32-16-4-2-15(3-5-16)31-9-7-24/h2-5,13-14,17-19,25,27H,6-12,24H2,1H3,(H,29,30)/t13-,14+,17+,18+,19-/m1/s1. The van der Waals surface area contributed by atoms with E-state index in [1.165, 1.54) is 9.80 Å². The molecule has 5 atom stereocenters. The summed E-state index contributed by atoms with van der Waals surface area (Å²) in [5.74, 6) is 0.218. The first-order valence-corrected chi connectivity index (χ1v) is 13.2. The second-order valence-corrected chi connectivity index (χ2v) is 11.1. The van der Waals surface area contributed by atoms with Crippen molar-refractivity contribution in [3.63, 3.8) is 0 Å². The maximum atomic E-state index is 12.5. The first-order chi connectivity index (χ1) is 15.9. The van der Waals surface area contributed by atoms with Gasteiger partial charge in [0.05, 0.1) is 12.0 Å². The maximum absolute atomic E-state index is 12.5. The van der Waals surface area contributed by atoms with Gasteiger partial charge in [0.25, 0.3) is 0 Å². The lowest BCUT2D eigenvalue weighted by Gasteiger charge is -2.45. The number of aliphatic hydroxyl groups is 1. The van der Waals surface area contributed by atoms with Gasteiger partial charge in [-0.1, -0.05) is 6.92 Å². The summed E-state index contributed by atoms with van der Waals surface area (Å²) in [5, 5.41) is 22.9. The van der Waals surface area contributed by atoms with Crippen molar-refractivity contribution in [3.05, 3.63) is 34.9 Å². The number of β-lactam (4-membered cyclic amide) rings is 1. The van der Waals surface area contributed by atoms with E-state index < -0.39 is 5.97 Å². The normalized spacial score (nSPS) is 28.8. The average Bonchev–Trinajstić information content (AvgIpc) is 3.36. The molecular formula is C23H31N3O5S2. The van der Waals surface area contributed by atoms with Gasteiger partial charge in [-0.05, 0) is 37.1 Å². The molecule has 180 valence electrons. The number of nitrogens with two attached hydrogens (primary N) is 1. The van der Waals surface area contributed by atoms with Gasteiger partial charge in [-0.2, -0.15) is 0 Å². The van der Waals surface area contributed by atoms with Gasteiger partial charge in [0.15, 0.2) is 0 Å². The first kappa shape index (κ1) is 24.4. The van der Waals surface area contributed by atoms with Gasteiger partial charge in [-0.15, -0.1) is 23.5 Å². The Morgan fingerprint density at radius 3 is 2.76 bits per heavy atom. The van der Waals surface area contributed by atoms with Crippen molar-refractivity contribution >= 4 is 35.4 Å². The molecule has 3 aliphatic heterocycles. The number of carboxylic acids is 1. The Morgan fingerprint density at radius 2 is 2.09 bits per heavy atom. The fraction of sp³-hybridized carbons (Fsp3) is 0.565. The van der Waals surface area contributed by atoms with E-state index in [1.54, 1.807) is 23.5 Å². The van der Waals surface area contributed by atoms with Crippen LogP contribution < -0.4 is 15.8 Å². The Bertz CT molecular complexity index is 910. The van der Waals surface area contributed by atoms with Crippen LogP contribution in [0, 0.1) is 11.8 Å². The highest BCUT2D eigenvalue weighted by Gasteiger charge is 2.58. The molecule has 5 N–H and O–H groups in total. The zero-order valence-electron chi connectivity index (χ0n) is 18.6. The molecule has 1 aromatic rings. The number of hydrogen-bond donors (Lipinski definition) is 4. The van der Waals surface area contributed by atoms with Crippen LogP contribution >= 0.6 is 23.5 Å². The maximum Gasteiger partial charge on any atom is 0.353 e. The lowest BCUT2D eigenvalue weighted by molar-refractivity contribution is -0.157. The Balaban J connectivity index is 1.32. The third-order valence-electron chi connectivity index (χ3n) is 6.44. The van der Waals surface area contributed by atoms with Crippen LogP contribution in [0.5, 0.6) is 5.75 Å². The number of nitrogens with zero attached hydrogens (tertiary/aromatic N) is 1. The van der Waals surface area contributed by atoms with Crippen molar-refractivity contribution in [1.82, 2.24) is 10.2 Å². The number of amides is 1. The van der Waals surface area contributed by atoms with Crippen molar-refractivity contribution in [1.29, 1.82) is 0 Å². The number of benzene rings is 1. The largest absolute Gasteiger partial charge is 0.492 e. The van der Waals surface area contributed by atoms with Crippen LogP contribution in [0.4, 0.5) is 0 Å². The minimum atomic E-state index is -1.04. The van der Waals surface area contributed by atoms with Crippen LogP contribution in [0.15, 0.2) is 39.8 Å². The van der Waals surface area contributed by atoms with Gasteiger partial charge in [0.2, 0.25) is 5.91 Å². The van der Waals surface area contributed by atoms with Crippen LogP contribution in [-0.4, -0.2) is 76.4 Å². The van der Waals surface area contributed by atoms with Crippen LogP contribution in [0.3, 0.4) is 0 Å². The third-order valence-corrected chi connectivity index (χ3v) is 9.13. The SMILES string of the molecule is C[C@H]1C(S[C@@H]2CN[C@H](CSc3ccc(OCCN)cc3)C2)=C(C(=O)O)N2C(=O)[C@@H](CCO)[C@@H]12. The minimum absolute atomic E-state index is 0.0243. The van der Waals surface area contributed by atoms with Crippen molar-refractivity contribution in [2.24, 2.45) is 17.6 Å². The topological polar surface area (TPSA) is 125 Å². The Kier molecular flexibility index (Phi) is 7.91. The summed E-state index contributed by atoms with van der Waals surface area (Å²) in [7, 11) is 0. The summed E-state index contributed by atoms with van der Waals surface area (Å²) < 4.78 is 5.51. The number of rotatable bonds is 11. The molecule has 2 saturated heterocycles. The average molecular weight is 494 g/mol. The molecule has 4 rings (SSSR count). The predicted molar refractivity (Wildman–Crippen MR) is 129 cm³/mol. The number of thioether (sulfide) groups is 2. The number of fused-ring (bicyclic) bond motifs is 1. The van der Waals surface area contributed by atoms with E-state index in [2.05, 4.69) is 5.32 Å².